The van der Waals surface area contributed by atoms with E-state index in [1.807, 2.05) is 20.2 Å². The first-order valence-electron chi connectivity index (χ1n) is 5.92. The van der Waals surface area contributed by atoms with Crippen LogP contribution in [0.3, 0.4) is 0 Å². The number of nitrogens with zero attached hydrogens (tertiary/aromatic N) is 1. The van der Waals surface area contributed by atoms with E-state index >= 15 is 0 Å². The quantitative estimate of drug-likeness (QED) is 0.760. The van der Waals surface area contributed by atoms with Gasteiger partial charge in [-0.2, -0.15) is 0 Å². The number of unbranched alkanes of at least 4 members (excludes halogenated alkanes) is 1. The molecular formula is C13H19BrN2O2. The molecule has 0 aliphatic carbocycles. The zero-order valence-electron chi connectivity index (χ0n) is 10.7. The lowest BCUT2D eigenvalue weighted by molar-refractivity contribution is 0.0697. The molecule has 0 heterocycles. The molecule has 1 aromatic carbocycles. The molecule has 100 valence electrons. The topological polar surface area (TPSA) is 52.6 Å². The molecule has 0 bridgehead atoms. The summed E-state index contributed by atoms with van der Waals surface area (Å²) in [5.74, 6) is -0.918. The highest BCUT2D eigenvalue weighted by Crippen LogP contribution is 2.24. The SMILES string of the molecule is CN(C)CCCCNc1cccc(Br)c1C(=O)O. The summed E-state index contributed by atoms with van der Waals surface area (Å²) in [6.45, 7) is 1.83. The summed E-state index contributed by atoms with van der Waals surface area (Å²) in [4.78, 5) is 13.3. The number of hydrogen-bond acceptors (Lipinski definition) is 3. The highest BCUT2D eigenvalue weighted by molar-refractivity contribution is 9.10. The van der Waals surface area contributed by atoms with E-state index in [-0.39, 0.29) is 0 Å². The van der Waals surface area contributed by atoms with Crippen molar-refractivity contribution in [1.29, 1.82) is 0 Å². The van der Waals surface area contributed by atoms with Gasteiger partial charge in [-0.15, -0.1) is 0 Å². The van der Waals surface area contributed by atoms with Crippen molar-refractivity contribution >= 4 is 27.6 Å². The fourth-order valence-electron chi connectivity index (χ4n) is 1.66. The van der Waals surface area contributed by atoms with Crippen molar-refractivity contribution in [3.8, 4) is 0 Å². The molecule has 0 unspecified atom stereocenters. The van der Waals surface area contributed by atoms with Crippen LogP contribution in [0.1, 0.15) is 23.2 Å². The molecule has 18 heavy (non-hydrogen) atoms. The summed E-state index contributed by atoms with van der Waals surface area (Å²) in [5.41, 5.74) is 0.965. The van der Waals surface area contributed by atoms with E-state index in [9.17, 15) is 4.79 Å². The molecule has 0 aliphatic rings. The summed E-state index contributed by atoms with van der Waals surface area (Å²) in [7, 11) is 4.09. The zero-order chi connectivity index (χ0) is 13.5. The molecule has 0 aromatic heterocycles. The van der Waals surface area contributed by atoms with Gasteiger partial charge in [0.15, 0.2) is 0 Å². The Labute approximate surface area is 116 Å². The van der Waals surface area contributed by atoms with Crippen LogP contribution in [-0.2, 0) is 0 Å². The van der Waals surface area contributed by atoms with Crippen molar-refractivity contribution in [2.75, 3.05) is 32.5 Å². The molecule has 0 saturated carbocycles. The lowest BCUT2D eigenvalue weighted by Gasteiger charge is -2.12. The molecule has 1 aromatic rings. The summed E-state index contributed by atoms with van der Waals surface area (Å²) < 4.78 is 0.605. The van der Waals surface area contributed by atoms with E-state index < -0.39 is 5.97 Å². The normalized spacial score (nSPS) is 10.7. The number of carbonyl (C=O) groups is 1. The van der Waals surface area contributed by atoms with Gasteiger partial charge in [-0.05, 0) is 61.5 Å². The van der Waals surface area contributed by atoms with E-state index in [2.05, 4.69) is 26.1 Å². The van der Waals surface area contributed by atoms with Crippen LogP contribution < -0.4 is 5.32 Å². The van der Waals surface area contributed by atoms with Crippen molar-refractivity contribution in [2.24, 2.45) is 0 Å². The molecule has 4 nitrogen and oxygen atoms in total. The van der Waals surface area contributed by atoms with Crippen LogP contribution in [-0.4, -0.2) is 43.2 Å². The third-order valence-corrected chi connectivity index (χ3v) is 3.24. The zero-order valence-corrected chi connectivity index (χ0v) is 12.3. The predicted molar refractivity (Wildman–Crippen MR) is 77.4 cm³/mol. The molecule has 0 aliphatic heterocycles. The molecule has 0 atom stereocenters. The Morgan fingerprint density at radius 3 is 2.72 bits per heavy atom. The van der Waals surface area contributed by atoms with E-state index in [0.29, 0.717) is 15.7 Å². The van der Waals surface area contributed by atoms with Crippen LogP contribution in [0.25, 0.3) is 0 Å². The molecule has 0 amide bonds. The third-order valence-electron chi connectivity index (χ3n) is 2.58. The molecule has 5 heteroatoms. The maximum absolute atomic E-state index is 11.1. The van der Waals surface area contributed by atoms with Gasteiger partial charge in [-0.25, -0.2) is 4.79 Å². The number of halogens is 1. The Morgan fingerprint density at radius 2 is 2.11 bits per heavy atom. The number of benzene rings is 1. The molecule has 1 rings (SSSR count). The number of nitrogens with one attached hydrogen (secondary N) is 1. The molecule has 0 saturated heterocycles. The third kappa shape index (κ3) is 4.66. The highest BCUT2D eigenvalue weighted by atomic mass is 79.9. The standard InChI is InChI=1S/C13H19BrN2O2/c1-16(2)9-4-3-8-15-11-7-5-6-10(14)12(11)13(17)18/h5-7,15H,3-4,8-9H2,1-2H3,(H,17,18). The largest absolute Gasteiger partial charge is 0.478 e. The lowest BCUT2D eigenvalue weighted by Crippen LogP contribution is -2.14. The predicted octanol–water partition coefficient (Wildman–Crippen LogP) is 2.90. The number of hydrogen-bond donors (Lipinski definition) is 2. The summed E-state index contributed by atoms with van der Waals surface area (Å²) in [6, 6.07) is 5.36. The number of aromatic carboxylic acids is 1. The van der Waals surface area contributed by atoms with Crippen molar-refractivity contribution < 1.29 is 9.90 Å². The number of rotatable bonds is 7. The van der Waals surface area contributed by atoms with Crippen molar-refractivity contribution in [1.82, 2.24) is 4.90 Å². The van der Waals surface area contributed by atoms with E-state index in [1.165, 1.54) is 0 Å². The Kier molecular flexibility index (Phi) is 6.15. The first-order chi connectivity index (χ1) is 8.52. The second kappa shape index (κ2) is 7.38. The second-order valence-electron chi connectivity index (χ2n) is 4.40. The average molecular weight is 315 g/mol. The Morgan fingerprint density at radius 1 is 1.39 bits per heavy atom. The summed E-state index contributed by atoms with van der Waals surface area (Å²) in [5, 5.41) is 12.3. The fraction of sp³-hybridized carbons (Fsp3) is 0.462. The van der Waals surface area contributed by atoms with Gasteiger partial charge in [0.25, 0.3) is 0 Å². The van der Waals surface area contributed by atoms with Crippen LogP contribution in [0.5, 0.6) is 0 Å². The summed E-state index contributed by atoms with van der Waals surface area (Å²) >= 11 is 3.26. The van der Waals surface area contributed by atoms with Gasteiger partial charge < -0.3 is 15.3 Å². The first-order valence-corrected chi connectivity index (χ1v) is 6.72. The van der Waals surface area contributed by atoms with Gasteiger partial charge in [0.05, 0.1) is 5.56 Å². The Hall–Kier alpha value is -1.07. The minimum absolute atomic E-state index is 0.296. The summed E-state index contributed by atoms with van der Waals surface area (Å²) in [6.07, 6.45) is 2.11. The van der Waals surface area contributed by atoms with Crippen LogP contribution in [0, 0.1) is 0 Å². The lowest BCUT2D eigenvalue weighted by atomic mass is 10.1. The Bertz CT molecular complexity index is 408. The van der Waals surface area contributed by atoms with Gasteiger partial charge in [-0.1, -0.05) is 6.07 Å². The van der Waals surface area contributed by atoms with Gasteiger partial charge in [-0.3, -0.25) is 0 Å². The maximum Gasteiger partial charge on any atom is 0.338 e. The van der Waals surface area contributed by atoms with Crippen LogP contribution >= 0.6 is 15.9 Å². The molecule has 0 radical (unpaired) electrons. The van der Waals surface area contributed by atoms with Crippen LogP contribution in [0.2, 0.25) is 0 Å². The molecular weight excluding hydrogens is 296 g/mol. The minimum atomic E-state index is -0.918. The monoisotopic (exact) mass is 314 g/mol. The van der Waals surface area contributed by atoms with Gasteiger partial charge in [0.2, 0.25) is 0 Å². The molecule has 0 spiro atoms. The first kappa shape index (κ1) is 15.0. The van der Waals surface area contributed by atoms with Crippen molar-refractivity contribution in [2.45, 2.75) is 12.8 Å². The van der Waals surface area contributed by atoms with E-state index in [1.54, 1.807) is 12.1 Å². The van der Waals surface area contributed by atoms with Gasteiger partial charge >= 0.3 is 5.97 Å². The fourth-order valence-corrected chi connectivity index (χ4v) is 2.20. The smallest absolute Gasteiger partial charge is 0.338 e. The maximum atomic E-state index is 11.1. The number of carboxylic acid groups (broad SMARTS) is 1. The van der Waals surface area contributed by atoms with Crippen molar-refractivity contribution in [3.05, 3.63) is 28.2 Å². The number of anilines is 1. The minimum Gasteiger partial charge on any atom is -0.478 e. The van der Waals surface area contributed by atoms with Crippen LogP contribution in [0.4, 0.5) is 5.69 Å². The van der Waals surface area contributed by atoms with E-state index in [4.69, 9.17) is 5.11 Å². The average Bonchev–Trinajstić information content (AvgIpc) is 2.27. The highest BCUT2D eigenvalue weighted by Gasteiger charge is 2.13. The van der Waals surface area contributed by atoms with E-state index in [0.717, 1.165) is 25.9 Å². The molecule has 0 fully saturated rings. The van der Waals surface area contributed by atoms with Crippen LogP contribution in [0.15, 0.2) is 22.7 Å². The molecule has 2 N–H and O–H groups in total. The Balaban J connectivity index is 2.52. The number of carboxylic acids is 1. The van der Waals surface area contributed by atoms with Crippen molar-refractivity contribution in [3.63, 3.8) is 0 Å². The van der Waals surface area contributed by atoms with Gasteiger partial charge in [0.1, 0.15) is 0 Å². The second-order valence-corrected chi connectivity index (χ2v) is 5.26. The van der Waals surface area contributed by atoms with Gasteiger partial charge in [0, 0.05) is 16.7 Å².